The molecule has 162 valence electrons. The van der Waals surface area contributed by atoms with E-state index in [0.29, 0.717) is 18.3 Å². The van der Waals surface area contributed by atoms with Gasteiger partial charge in [-0.05, 0) is 74.3 Å². The van der Waals surface area contributed by atoms with Crippen LogP contribution >= 0.6 is 0 Å². The number of benzene rings is 2. The molecule has 0 bridgehead atoms. The Kier molecular flexibility index (Phi) is 6.62. The van der Waals surface area contributed by atoms with Crippen LogP contribution in [0.1, 0.15) is 31.2 Å². The molecule has 1 aliphatic heterocycles. The van der Waals surface area contributed by atoms with Gasteiger partial charge in [0.15, 0.2) is 0 Å². The maximum Gasteiger partial charge on any atom is 0.241 e. The number of ether oxygens (including phenoxy) is 1. The van der Waals surface area contributed by atoms with E-state index in [1.807, 2.05) is 36.4 Å². The van der Waals surface area contributed by atoms with E-state index >= 15 is 0 Å². The van der Waals surface area contributed by atoms with Crippen molar-refractivity contribution in [3.63, 3.8) is 0 Å². The Morgan fingerprint density at radius 1 is 1.13 bits per heavy atom. The molecular weight excluding hydrogens is 392 g/mol. The molecule has 1 saturated heterocycles. The van der Waals surface area contributed by atoms with Gasteiger partial charge >= 0.3 is 0 Å². The first-order chi connectivity index (χ1) is 15.1. The Morgan fingerprint density at radius 3 is 2.48 bits per heavy atom. The zero-order valence-electron chi connectivity index (χ0n) is 18.0. The van der Waals surface area contributed by atoms with Crippen molar-refractivity contribution in [2.24, 2.45) is 5.92 Å². The van der Waals surface area contributed by atoms with Crippen molar-refractivity contribution in [1.82, 2.24) is 15.0 Å². The first-order valence-electron chi connectivity index (χ1n) is 10.7. The van der Waals surface area contributed by atoms with Crippen LogP contribution in [0.15, 0.2) is 53.1 Å². The largest absolute Gasteiger partial charge is 0.497 e. The molecule has 1 amide bonds. The number of piperidine rings is 1. The zero-order chi connectivity index (χ0) is 21.6. The fourth-order valence-corrected chi connectivity index (χ4v) is 3.79. The molecular formula is C24H28N4O3. The van der Waals surface area contributed by atoms with Gasteiger partial charge in [0, 0.05) is 17.2 Å². The number of aromatic nitrogens is 2. The van der Waals surface area contributed by atoms with E-state index < -0.39 is 0 Å². The van der Waals surface area contributed by atoms with Crippen LogP contribution in [0.5, 0.6) is 5.75 Å². The number of aryl methyl sites for hydroxylation is 1. The molecule has 3 aromatic rings. The van der Waals surface area contributed by atoms with Gasteiger partial charge < -0.3 is 14.6 Å². The molecule has 1 aliphatic rings. The molecule has 0 saturated carbocycles. The van der Waals surface area contributed by atoms with Crippen LogP contribution in [0.3, 0.4) is 0 Å². The summed E-state index contributed by atoms with van der Waals surface area (Å²) in [5, 5.41) is 7.14. The van der Waals surface area contributed by atoms with E-state index in [9.17, 15) is 4.79 Å². The van der Waals surface area contributed by atoms with E-state index in [0.717, 1.165) is 49.4 Å². The van der Waals surface area contributed by atoms with Crippen LogP contribution < -0.4 is 10.1 Å². The quantitative estimate of drug-likeness (QED) is 0.618. The third kappa shape index (κ3) is 5.30. The molecule has 31 heavy (non-hydrogen) atoms. The second-order valence-electron chi connectivity index (χ2n) is 7.83. The number of hydrogen-bond acceptors (Lipinski definition) is 6. The molecule has 1 N–H and O–H groups in total. The highest BCUT2D eigenvalue weighted by atomic mass is 16.5. The molecule has 0 aliphatic carbocycles. The molecule has 1 fully saturated rings. The average molecular weight is 421 g/mol. The van der Waals surface area contributed by atoms with Crippen LogP contribution in [-0.4, -0.2) is 41.1 Å². The lowest BCUT2D eigenvalue weighted by Gasteiger charge is -2.30. The molecule has 2 heterocycles. The third-order valence-electron chi connectivity index (χ3n) is 5.76. The summed E-state index contributed by atoms with van der Waals surface area (Å²) in [4.78, 5) is 19.4. The van der Waals surface area contributed by atoms with Crippen molar-refractivity contribution >= 4 is 11.6 Å². The molecule has 0 spiro atoms. The van der Waals surface area contributed by atoms with Crippen LogP contribution in [0.4, 0.5) is 5.69 Å². The third-order valence-corrected chi connectivity index (χ3v) is 5.76. The van der Waals surface area contributed by atoms with Gasteiger partial charge in [0.05, 0.1) is 13.7 Å². The number of methoxy groups -OCH3 is 1. The molecule has 0 radical (unpaired) electrons. The van der Waals surface area contributed by atoms with Gasteiger partial charge in [-0.25, -0.2) is 0 Å². The van der Waals surface area contributed by atoms with Crippen LogP contribution in [0, 0.1) is 5.92 Å². The predicted molar refractivity (Wildman–Crippen MR) is 119 cm³/mol. The van der Waals surface area contributed by atoms with Crippen molar-refractivity contribution in [2.45, 2.75) is 32.7 Å². The number of rotatable bonds is 7. The Hall–Kier alpha value is -3.19. The Morgan fingerprint density at radius 2 is 1.84 bits per heavy atom. The van der Waals surface area contributed by atoms with E-state index in [4.69, 9.17) is 9.26 Å². The summed E-state index contributed by atoms with van der Waals surface area (Å²) in [6, 6.07) is 15.6. The number of anilines is 1. The Bertz CT molecular complexity index is 990. The van der Waals surface area contributed by atoms with Crippen molar-refractivity contribution in [2.75, 3.05) is 25.5 Å². The van der Waals surface area contributed by atoms with Crippen molar-refractivity contribution in [1.29, 1.82) is 0 Å². The van der Waals surface area contributed by atoms with Crippen molar-refractivity contribution in [3.05, 3.63) is 60.0 Å². The predicted octanol–water partition coefficient (Wildman–Crippen LogP) is 4.16. The molecule has 0 unspecified atom stereocenters. The Balaban J connectivity index is 1.27. The first-order valence-corrected chi connectivity index (χ1v) is 10.7. The van der Waals surface area contributed by atoms with Crippen LogP contribution in [0.2, 0.25) is 0 Å². The van der Waals surface area contributed by atoms with E-state index in [2.05, 4.69) is 39.4 Å². The number of hydrogen-bond donors (Lipinski definition) is 1. The second kappa shape index (κ2) is 9.75. The van der Waals surface area contributed by atoms with Crippen molar-refractivity contribution in [3.8, 4) is 17.1 Å². The van der Waals surface area contributed by atoms with Gasteiger partial charge in [-0.3, -0.25) is 9.69 Å². The number of carbonyl (C=O) groups excluding carboxylic acids is 1. The van der Waals surface area contributed by atoms with E-state index in [-0.39, 0.29) is 11.8 Å². The minimum atomic E-state index is 0.0275. The summed E-state index contributed by atoms with van der Waals surface area (Å²) in [5.74, 6) is 2.08. The summed E-state index contributed by atoms with van der Waals surface area (Å²) >= 11 is 0. The zero-order valence-corrected chi connectivity index (χ0v) is 18.0. The second-order valence-corrected chi connectivity index (χ2v) is 7.83. The summed E-state index contributed by atoms with van der Waals surface area (Å²) in [5.41, 5.74) is 3.02. The molecule has 7 heteroatoms. The minimum Gasteiger partial charge on any atom is -0.497 e. The fourth-order valence-electron chi connectivity index (χ4n) is 3.79. The molecule has 7 nitrogen and oxygen atoms in total. The van der Waals surface area contributed by atoms with Crippen LogP contribution in [-0.2, 0) is 17.8 Å². The minimum absolute atomic E-state index is 0.0275. The number of nitrogens with one attached hydrogen (secondary N) is 1. The number of amides is 1. The molecule has 0 atom stereocenters. The molecule has 1 aromatic heterocycles. The lowest BCUT2D eigenvalue weighted by Crippen LogP contribution is -2.37. The van der Waals surface area contributed by atoms with Crippen LogP contribution in [0.25, 0.3) is 11.4 Å². The number of carbonyl (C=O) groups is 1. The Labute approximate surface area is 182 Å². The first kappa shape index (κ1) is 21.1. The van der Waals surface area contributed by atoms with Gasteiger partial charge in [-0.15, -0.1) is 0 Å². The summed E-state index contributed by atoms with van der Waals surface area (Å²) in [6.45, 7) is 4.37. The van der Waals surface area contributed by atoms with E-state index in [1.54, 1.807) is 7.11 Å². The SMILES string of the molecule is CCc1ccc(NC(=O)C2CCN(Cc3nc(-c4ccc(OC)cc4)no3)CC2)cc1. The van der Waals surface area contributed by atoms with Gasteiger partial charge in [0.1, 0.15) is 5.75 Å². The standard InChI is InChI=1S/C24H28N4O3/c1-3-17-4-8-20(9-5-17)25-24(29)19-12-14-28(15-13-19)16-22-26-23(27-31-22)18-6-10-21(30-2)11-7-18/h4-11,19H,3,12-16H2,1-2H3,(H,25,29). The number of nitrogens with zero attached hydrogens (tertiary/aromatic N) is 3. The van der Waals surface area contributed by atoms with Crippen molar-refractivity contribution < 1.29 is 14.1 Å². The average Bonchev–Trinajstić information content (AvgIpc) is 3.28. The lowest BCUT2D eigenvalue weighted by molar-refractivity contribution is -0.121. The summed E-state index contributed by atoms with van der Waals surface area (Å²) < 4.78 is 10.6. The molecule has 4 rings (SSSR count). The lowest BCUT2D eigenvalue weighted by atomic mass is 9.96. The highest BCUT2D eigenvalue weighted by Gasteiger charge is 2.26. The van der Waals surface area contributed by atoms with Gasteiger partial charge in [0.25, 0.3) is 0 Å². The normalized spacial score (nSPS) is 15.0. The monoisotopic (exact) mass is 420 g/mol. The highest BCUT2D eigenvalue weighted by molar-refractivity contribution is 5.92. The van der Waals surface area contributed by atoms with E-state index in [1.165, 1.54) is 5.56 Å². The smallest absolute Gasteiger partial charge is 0.241 e. The fraction of sp³-hybridized carbons (Fsp3) is 0.375. The summed E-state index contributed by atoms with van der Waals surface area (Å²) in [7, 11) is 1.64. The maximum absolute atomic E-state index is 12.6. The van der Waals surface area contributed by atoms with Gasteiger partial charge in [-0.2, -0.15) is 4.98 Å². The number of likely N-dealkylation sites (tertiary alicyclic amines) is 1. The molecule has 2 aromatic carbocycles. The topological polar surface area (TPSA) is 80.5 Å². The van der Waals surface area contributed by atoms with Gasteiger partial charge in [0.2, 0.25) is 17.6 Å². The van der Waals surface area contributed by atoms with Gasteiger partial charge in [-0.1, -0.05) is 24.2 Å². The highest BCUT2D eigenvalue weighted by Crippen LogP contribution is 2.23. The maximum atomic E-state index is 12.6. The summed E-state index contributed by atoms with van der Waals surface area (Å²) in [6.07, 6.45) is 2.63.